The molecule has 0 amide bonds. The van der Waals surface area contributed by atoms with E-state index in [0.717, 1.165) is 32.6 Å². The van der Waals surface area contributed by atoms with Gasteiger partial charge in [-0.15, -0.1) is 11.3 Å². The molecule has 1 atom stereocenters. The first-order chi connectivity index (χ1) is 8.66. The number of carboxylic acids is 1. The topological polar surface area (TPSA) is 43.8 Å². The van der Waals surface area contributed by atoms with Gasteiger partial charge in [0, 0.05) is 37.1 Å². The minimum atomic E-state index is -0.727. The van der Waals surface area contributed by atoms with Crippen LogP contribution in [0.3, 0.4) is 0 Å². The lowest BCUT2D eigenvalue weighted by Gasteiger charge is -2.26. The van der Waals surface area contributed by atoms with E-state index in [1.807, 2.05) is 4.90 Å². The summed E-state index contributed by atoms with van der Waals surface area (Å²) >= 11 is 1.79. The molecule has 2 heterocycles. The number of hydrogen-bond donors (Lipinski definition) is 1. The SMILES string of the molecule is CC(c1cccs1)N1CCCN(CC(=O)O)CC1. The highest BCUT2D eigenvalue weighted by atomic mass is 32.1. The quantitative estimate of drug-likeness (QED) is 0.906. The van der Waals surface area contributed by atoms with Crippen molar-refractivity contribution in [3.8, 4) is 0 Å². The summed E-state index contributed by atoms with van der Waals surface area (Å²) in [6.45, 7) is 6.14. The van der Waals surface area contributed by atoms with Crippen LogP contribution in [0.5, 0.6) is 0 Å². The van der Waals surface area contributed by atoms with Gasteiger partial charge >= 0.3 is 5.97 Å². The maximum Gasteiger partial charge on any atom is 0.317 e. The zero-order valence-corrected chi connectivity index (χ0v) is 11.5. The van der Waals surface area contributed by atoms with Crippen molar-refractivity contribution in [3.05, 3.63) is 22.4 Å². The molecule has 0 aliphatic carbocycles. The van der Waals surface area contributed by atoms with E-state index in [1.165, 1.54) is 4.88 Å². The number of thiophene rings is 1. The second kappa shape index (κ2) is 6.31. The van der Waals surface area contributed by atoms with Crippen molar-refractivity contribution in [1.82, 2.24) is 9.80 Å². The number of carbonyl (C=O) groups is 1. The van der Waals surface area contributed by atoms with Crippen LogP contribution >= 0.6 is 11.3 Å². The minimum absolute atomic E-state index is 0.168. The number of carboxylic acid groups (broad SMARTS) is 1. The van der Waals surface area contributed by atoms with Crippen molar-refractivity contribution in [3.63, 3.8) is 0 Å². The van der Waals surface area contributed by atoms with Crippen molar-refractivity contribution >= 4 is 17.3 Å². The van der Waals surface area contributed by atoms with E-state index in [0.29, 0.717) is 6.04 Å². The monoisotopic (exact) mass is 268 g/mol. The van der Waals surface area contributed by atoms with E-state index in [2.05, 4.69) is 29.3 Å². The zero-order valence-electron chi connectivity index (χ0n) is 10.7. The molecule has 100 valence electrons. The predicted molar refractivity (Wildman–Crippen MR) is 73.0 cm³/mol. The van der Waals surface area contributed by atoms with Crippen LogP contribution in [0.25, 0.3) is 0 Å². The summed E-state index contributed by atoms with van der Waals surface area (Å²) in [6.07, 6.45) is 1.04. The van der Waals surface area contributed by atoms with Gasteiger partial charge in [-0.05, 0) is 24.8 Å². The van der Waals surface area contributed by atoms with Crippen molar-refractivity contribution in [2.45, 2.75) is 19.4 Å². The van der Waals surface area contributed by atoms with Crippen LogP contribution in [-0.2, 0) is 4.79 Å². The summed E-state index contributed by atoms with van der Waals surface area (Å²) in [7, 11) is 0. The molecule has 1 aromatic heterocycles. The maximum absolute atomic E-state index is 10.7. The van der Waals surface area contributed by atoms with Crippen LogP contribution in [0, 0.1) is 0 Å². The summed E-state index contributed by atoms with van der Waals surface area (Å²) in [5.74, 6) is -0.727. The van der Waals surface area contributed by atoms with Crippen LogP contribution in [0.15, 0.2) is 17.5 Å². The van der Waals surface area contributed by atoms with E-state index in [4.69, 9.17) is 5.11 Å². The summed E-state index contributed by atoms with van der Waals surface area (Å²) in [6, 6.07) is 4.70. The van der Waals surface area contributed by atoms with E-state index in [-0.39, 0.29) is 6.54 Å². The molecule has 18 heavy (non-hydrogen) atoms. The van der Waals surface area contributed by atoms with Crippen LogP contribution in [0.1, 0.15) is 24.3 Å². The number of hydrogen-bond acceptors (Lipinski definition) is 4. The molecule has 1 unspecified atom stereocenters. The fourth-order valence-corrected chi connectivity index (χ4v) is 3.25. The molecule has 1 aliphatic rings. The highest BCUT2D eigenvalue weighted by Crippen LogP contribution is 2.25. The van der Waals surface area contributed by atoms with Gasteiger partial charge in [-0.3, -0.25) is 14.6 Å². The molecule has 1 aliphatic heterocycles. The summed E-state index contributed by atoms with van der Waals surface area (Å²) < 4.78 is 0. The van der Waals surface area contributed by atoms with E-state index < -0.39 is 5.97 Å². The van der Waals surface area contributed by atoms with Crippen molar-refractivity contribution in [1.29, 1.82) is 0 Å². The van der Waals surface area contributed by atoms with Gasteiger partial charge in [0.2, 0.25) is 0 Å². The Morgan fingerprint density at radius 3 is 2.94 bits per heavy atom. The van der Waals surface area contributed by atoms with Crippen molar-refractivity contribution in [2.24, 2.45) is 0 Å². The average molecular weight is 268 g/mol. The molecular weight excluding hydrogens is 248 g/mol. The largest absolute Gasteiger partial charge is 0.480 e. The van der Waals surface area contributed by atoms with E-state index in [9.17, 15) is 4.79 Å². The number of aliphatic carboxylic acids is 1. The Balaban J connectivity index is 1.90. The smallest absolute Gasteiger partial charge is 0.317 e. The number of rotatable bonds is 4. The van der Waals surface area contributed by atoms with E-state index >= 15 is 0 Å². The lowest BCUT2D eigenvalue weighted by atomic mass is 10.2. The van der Waals surface area contributed by atoms with Gasteiger partial charge < -0.3 is 5.11 Å². The standard InChI is InChI=1S/C13H20N2O2S/c1-11(12-4-2-9-18-12)15-6-3-5-14(7-8-15)10-13(16)17/h2,4,9,11H,3,5-8,10H2,1H3,(H,16,17). The normalized spacial score (nSPS) is 20.5. The average Bonchev–Trinajstić information content (AvgIpc) is 2.76. The molecule has 0 saturated carbocycles. The lowest BCUT2D eigenvalue weighted by Crippen LogP contribution is -2.34. The third kappa shape index (κ3) is 3.54. The van der Waals surface area contributed by atoms with E-state index in [1.54, 1.807) is 11.3 Å². The predicted octanol–water partition coefficient (Wildman–Crippen LogP) is 1.90. The van der Waals surface area contributed by atoms with Crippen LogP contribution in [0.4, 0.5) is 0 Å². The van der Waals surface area contributed by atoms with Crippen molar-refractivity contribution in [2.75, 3.05) is 32.7 Å². The summed E-state index contributed by atoms with van der Waals surface area (Å²) in [5.41, 5.74) is 0. The molecule has 4 nitrogen and oxygen atoms in total. The van der Waals surface area contributed by atoms with Gasteiger partial charge in [-0.1, -0.05) is 6.07 Å². The van der Waals surface area contributed by atoms with Gasteiger partial charge in [0.1, 0.15) is 0 Å². The Morgan fingerprint density at radius 2 is 2.28 bits per heavy atom. The first-order valence-electron chi connectivity index (χ1n) is 6.38. The maximum atomic E-state index is 10.7. The first-order valence-corrected chi connectivity index (χ1v) is 7.26. The van der Waals surface area contributed by atoms with Crippen LogP contribution < -0.4 is 0 Å². The first kappa shape index (κ1) is 13.5. The Morgan fingerprint density at radius 1 is 1.44 bits per heavy atom. The van der Waals surface area contributed by atoms with Gasteiger partial charge in [0.05, 0.1) is 6.54 Å². The molecule has 0 bridgehead atoms. The fraction of sp³-hybridized carbons (Fsp3) is 0.615. The Bertz CT molecular complexity index is 380. The van der Waals surface area contributed by atoms with Gasteiger partial charge in [0.25, 0.3) is 0 Å². The summed E-state index contributed by atoms with van der Waals surface area (Å²) in [4.78, 5) is 16.6. The lowest BCUT2D eigenvalue weighted by molar-refractivity contribution is -0.138. The molecule has 5 heteroatoms. The highest BCUT2D eigenvalue weighted by molar-refractivity contribution is 7.10. The molecule has 2 rings (SSSR count). The third-order valence-corrected chi connectivity index (χ3v) is 4.53. The Hall–Kier alpha value is -0.910. The third-order valence-electron chi connectivity index (χ3n) is 3.48. The van der Waals surface area contributed by atoms with Gasteiger partial charge in [0.15, 0.2) is 0 Å². The number of nitrogens with zero attached hydrogens (tertiary/aromatic N) is 2. The molecule has 1 saturated heterocycles. The van der Waals surface area contributed by atoms with Gasteiger partial charge in [-0.2, -0.15) is 0 Å². The molecule has 0 radical (unpaired) electrons. The minimum Gasteiger partial charge on any atom is -0.480 e. The molecule has 1 aromatic rings. The second-order valence-corrected chi connectivity index (χ2v) is 5.73. The van der Waals surface area contributed by atoms with Crippen LogP contribution in [0.2, 0.25) is 0 Å². The Kier molecular flexibility index (Phi) is 4.74. The molecule has 0 spiro atoms. The fourth-order valence-electron chi connectivity index (χ4n) is 2.44. The molecular formula is C13H20N2O2S. The molecule has 1 N–H and O–H groups in total. The Labute approximate surface area is 112 Å². The summed E-state index contributed by atoms with van der Waals surface area (Å²) in [5, 5.41) is 10.9. The van der Waals surface area contributed by atoms with Crippen molar-refractivity contribution < 1.29 is 9.90 Å². The molecule has 0 aromatic carbocycles. The zero-order chi connectivity index (χ0) is 13.0. The van der Waals surface area contributed by atoms with Gasteiger partial charge in [-0.25, -0.2) is 0 Å². The van der Waals surface area contributed by atoms with Crippen LogP contribution in [-0.4, -0.2) is 53.6 Å². The highest BCUT2D eigenvalue weighted by Gasteiger charge is 2.21. The molecule has 1 fully saturated rings. The second-order valence-electron chi connectivity index (χ2n) is 4.75.